The number of hydrogen-bond donors (Lipinski definition) is 2. The molecule has 2 saturated heterocycles. The van der Waals surface area contributed by atoms with Gasteiger partial charge >= 0.3 is 0 Å². The number of nitrogens with one attached hydrogen (secondary N) is 2. The van der Waals surface area contributed by atoms with Gasteiger partial charge in [-0.15, -0.1) is 0 Å². The fraction of sp³-hybridized carbons (Fsp3) is 0.533. The third-order valence-corrected chi connectivity index (χ3v) is 4.36. The SMILES string of the molecule is O=C(CN1CCC2(CCNC2)C1)Nc1ccccc1F. The molecule has 2 aliphatic rings. The molecule has 2 fully saturated rings. The summed E-state index contributed by atoms with van der Waals surface area (Å²) in [6.07, 6.45) is 2.34. The molecule has 5 heteroatoms. The van der Waals surface area contributed by atoms with Crippen molar-refractivity contribution in [2.75, 3.05) is 38.0 Å². The monoisotopic (exact) mass is 277 g/mol. The van der Waals surface area contributed by atoms with E-state index in [4.69, 9.17) is 0 Å². The molecular formula is C15H20FN3O. The predicted molar refractivity (Wildman–Crippen MR) is 76.0 cm³/mol. The molecule has 20 heavy (non-hydrogen) atoms. The Morgan fingerprint density at radius 3 is 3.00 bits per heavy atom. The minimum Gasteiger partial charge on any atom is -0.322 e. The molecule has 2 aliphatic heterocycles. The van der Waals surface area contributed by atoms with Gasteiger partial charge in [0.1, 0.15) is 5.82 Å². The largest absolute Gasteiger partial charge is 0.322 e. The van der Waals surface area contributed by atoms with Gasteiger partial charge < -0.3 is 10.6 Å². The zero-order valence-corrected chi connectivity index (χ0v) is 11.5. The van der Waals surface area contributed by atoms with E-state index in [0.717, 1.165) is 32.6 Å². The summed E-state index contributed by atoms with van der Waals surface area (Å²) >= 11 is 0. The summed E-state index contributed by atoms with van der Waals surface area (Å²) in [6, 6.07) is 6.26. The second-order valence-electron chi connectivity index (χ2n) is 5.92. The first-order chi connectivity index (χ1) is 9.67. The smallest absolute Gasteiger partial charge is 0.238 e. The Hall–Kier alpha value is -1.46. The number of anilines is 1. The Morgan fingerprint density at radius 1 is 1.40 bits per heavy atom. The molecule has 1 atom stereocenters. The standard InChI is InChI=1S/C15H20FN3O/c16-12-3-1-2-4-13(12)18-14(20)9-19-8-6-15(11-19)5-7-17-10-15/h1-4,17H,5-11H2,(H,18,20). The van der Waals surface area contributed by atoms with Gasteiger partial charge in [0.05, 0.1) is 12.2 Å². The molecule has 108 valence electrons. The lowest BCUT2D eigenvalue weighted by molar-refractivity contribution is -0.117. The highest BCUT2D eigenvalue weighted by Crippen LogP contribution is 2.35. The van der Waals surface area contributed by atoms with Gasteiger partial charge in [0.15, 0.2) is 0 Å². The summed E-state index contributed by atoms with van der Waals surface area (Å²) in [5.74, 6) is -0.531. The van der Waals surface area contributed by atoms with E-state index in [2.05, 4.69) is 15.5 Å². The molecule has 0 saturated carbocycles. The van der Waals surface area contributed by atoms with Crippen molar-refractivity contribution in [3.63, 3.8) is 0 Å². The van der Waals surface area contributed by atoms with E-state index in [9.17, 15) is 9.18 Å². The highest BCUT2D eigenvalue weighted by Gasteiger charge is 2.40. The van der Waals surface area contributed by atoms with Crippen LogP contribution < -0.4 is 10.6 Å². The summed E-state index contributed by atoms with van der Waals surface area (Å²) in [4.78, 5) is 14.2. The molecule has 0 aliphatic carbocycles. The Bertz CT molecular complexity index is 500. The molecule has 0 radical (unpaired) electrons. The molecule has 2 heterocycles. The fourth-order valence-corrected chi connectivity index (χ4v) is 3.26. The molecular weight excluding hydrogens is 257 g/mol. The molecule has 2 N–H and O–H groups in total. The third kappa shape index (κ3) is 2.83. The van der Waals surface area contributed by atoms with Crippen molar-refractivity contribution >= 4 is 11.6 Å². The van der Waals surface area contributed by atoms with E-state index in [-0.39, 0.29) is 11.6 Å². The second kappa shape index (κ2) is 5.50. The second-order valence-corrected chi connectivity index (χ2v) is 5.92. The van der Waals surface area contributed by atoms with Crippen LogP contribution in [0.4, 0.5) is 10.1 Å². The minimum atomic E-state index is -0.390. The molecule has 3 rings (SSSR count). The molecule has 1 aromatic carbocycles. The van der Waals surface area contributed by atoms with Crippen LogP contribution >= 0.6 is 0 Å². The van der Waals surface area contributed by atoms with Crippen LogP contribution in [0, 0.1) is 11.2 Å². The Kier molecular flexibility index (Phi) is 3.72. The number of para-hydroxylation sites is 1. The third-order valence-electron chi connectivity index (χ3n) is 4.36. The van der Waals surface area contributed by atoms with Crippen LogP contribution in [0.1, 0.15) is 12.8 Å². The van der Waals surface area contributed by atoms with Crippen LogP contribution in [0.2, 0.25) is 0 Å². The maximum Gasteiger partial charge on any atom is 0.238 e. The highest BCUT2D eigenvalue weighted by molar-refractivity contribution is 5.92. The summed E-state index contributed by atoms with van der Waals surface area (Å²) in [6.45, 7) is 4.39. The zero-order chi connectivity index (χ0) is 14.0. The van der Waals surface area contributed by atoms with Crippen LogP contribution in [-0.4, -0.2) is 43.5 Å². The van der Waals surface area contributed by atoms with Gasteiger partial charge in [-0.2, -0.15) is 0 Å². The number of nitrogens with zero attached hydrogens (tertiary/aromatic N) is 1. The van der Waals surface area contributed by atoms with Crippen LogP contribution in [0.3, 0.4) is 0 Å². The summed E-state index contributed by atoms with van der Waals surface area (Å²) in [7, 11) is 0. The van der Waals surface area contributed by atoms with E-state index in [0.29, 0.717) is 12.0 Å². The van der Waals surface area contributed by atoms with Crippen molar-refractivity contribution in [2.45, 2.75) is 12.8 Å². The van der Waals surface area contributed by atoms with Gasteiger partial charge in [-0.05, 0) is 43.5 Å². The Morgan fingerprint density at radius 2 is 2.25 bits per heavy atom. The molecule has 4 nitrogen and oxygen atoms in total. The number of halogens is 1. The first-order valence-corrected chi connectivity index (χ1v) is 7.14. The van der Waals surface area contributed by atoms with Crippen molar-refractivity contribution in [1.82, 2.24) is 10.2 Å². The Balaban J connectivity index is 1.54. The quantitative estimate of drug-likeness (QED) is 0.879. The van der Waals surface area contributed by atoms with Gasteiger partial charge in [0.2, 0.25) is 5.91 Å². The topological polar surface area (TPSA) is 44.4 Å². The first-order valence-electron chi connectivity index (χ1n) is 7.14. The fourth-order valence-electron chi connectivity index (χ4n) is 3.26. The van der Waals surface area contributed by atoms with E-state index in [1.807, 2.05) is 0 Å². The summed E-state index contributed by atoms with van der Waals surface area (Å²) in [5.41, 5.74) is 0.618. The maximum atomic E-state index is 13.5. The van der Waals surface area contributed by atoms with Crippen molar-refractivity contribution in [2.24, 2.45) is 5.41 Å². The van der Waals surface area contributed by atoms with Gasteiger partial charge in [-0.3, -0.25) is 9.69 Å². The van der Waals surface area contributed by atoms with E-state index in [1.165, 1.54) is 12.5 Å². The molecule has 1 aromatic rings. The number of likely N-dealkylation sites (tertiary alicyclic amines) is 1. The summed E-state index contributed by atoms with van der Waals surface area (Å²) < 4.78 is 13.5. The predicted octanol–water partition coefficient (Wildman–Crippen LogP) is 1.45. The van der Waals surface area contributed by atoms with Crippen molar-refractivity contribution in [3.05, 3.63) is 30.1 Å². The van der Waals surface area contributed by atoms with Crippen molar-refractivity contribution < 1.29 is 9.18 Å². The average Bonchev–Trinajstić information content (AvgIpc) is 3.03. The van der Waals surface area contributed by atoms with Gasteiger partial charge in [0.25, 0.3) is 0 Å². The van der Waals surface area contributed by atoms with Gasteiger partial charge in [-0.25, -0.2) is 4.39 Å². The summed E-state index contributed by atoms with van der Waals surface area (Å²) in [5, 5.41) is 6.04. The Labute approximate surface area is 118 Å². The van der Waals surface area contributed by atoms with E-state index in [1.54, 1.807) is 18.2 Å². The zero-order valence-electron chi connectivity index (χ0n) is 11.5. The molecule has 1 amide bonds. The number of carbonyl (C=O) groups excluding carboxylic acids is 1. The lowest BCUT2D eigenvalue weighted by atomic mass is 9.87. The molecule has 0 aromatic heterocycles. The number of rotatable bonds is 3. The molecule has 1 unspecified atom stereocenters. The van der Waals surface area contributed by atoms with E-state index >= 15 is 0 Å². The minimum absolute atomic E-state index is 0.141. The lowest BCUT2D eigenvalue weighted by Gasteiger charge is -2.22. The van der Waals surface area contributed by atoms with Crippen LogP contribution in [0.15, 0.2) is 24.3 Å². The maximum absolute atomic E-state index is 13.5. The number of hydrogen-bond acceptors (Lipinski definition) is 3. The number of amides is 1. The first kappa shape index (κ1) is 13.5. The van der Waals surface area contributed by atoms with Crippen LogP contribution in [-0.2, 0) is 4.79 Å². The number of carbonyl (C=O) groups is 1. The normalized spacial score (nSPS) is 26.2. The lowest BCUT2D eigenvalue weighted by Crippen LogP contribution is -2.34. The number of benzene rings is 1. The van der Waals surface area contributed by atoms with Crippen molar-refractivity contribution in [1.29, 1.82) is 0 Å². The highest BCUT2D eigenvalue weighted by atomic mass is 19.1. The molecule has 0 bridgehead atoms. The van der Waals surface area contributed by atoms with Gasteiger partial charge in [0, 0.05) is 13.1 Å². The molecule has 1 spiro atoms. The van der Waals surface area contributed by atoms with Crippen molar-refractivity contribution in [3.8, 4) is 0 Å². The van der Waals surface area contributed by atoms with E-state index < -0.39 is 5.82 Å². The van der Waals surface area contributed by atoms with Crippen LogP contribution in [0.5, 0.6) is 0 Å². The van der Waals surface area contributed by atoms with Gasteiger partial charge in [-0.1, -0.05) is 12.1 Å². The average molecular weight is 277 g/mol. The van der Waals surface area contributed by atoms with Crippen LogP contribution in [0.25, 0.3) is 0 Å².